The molecule has 0 aromatic rings. The number of hydrogen-bond donors (Lipinski definition) is 2. The number of rotatable bonds is 9. The average molecular weight is 494 g/mol. The summed E-state index contributed by atoms with van der Waals surface area (Å²) in [4.78, 5) is 6.98. The molecule has 0 aromatic heterocycles. The van der Waals surface area contributed by atoms with Crippen molar-refractivity contribution in [3.8, 4) is 0 Å². The van der Waals surface area contributed by atoms with Crippen molar-refractivity contribution in [3.05, 3.63) is 0 Å². The summed E-state index contributed by atoms with van der Waals surface area (Å²) in [6.07, 6.45) is -2.90. The molecule has 0 aromatic carbocycles. The molecule has 26 heavy (non-hydrogen) atoms. The molecular formula is C17H34F3IN4O. The van der Waals surface area contributed by atoms with Crippen molar-refractivity contribution in [1.29, 1.82) is 0 Å². The maximum atomic E-state index is 12.3. The fourth-order valence-electron chi connectivity index (χ4n) is 3.15. The summed E-state index contributed by atoms with van der Waals surface area (Å²) < 4.78 is 42.4. The van der Waals surface area contributed by atoms with E-state index in [2.05, 4.69) is 34.4 Å². The van der Waals surface area contributed by atoms with Crippen LogP contribution in [0.5, 0.6) is 0 Å². The van der Waals surface area contributed by atoms with Crippen LogP contribution in [0.4, 0.5) is 13.2 Å². The van der Waals surface area contributed by atoms with Crippen LogP contribution >= 0.6 is 24.0 Å². The van der Waals surface area contributed by atoms with Gasteiger partial charge in [-0.15, -0.1) is 24.0 Å². The number of hydrogen-bond acceptors (Lipinski definition) is 3. The summed E-state index contributed by atoms with van der Waals surface area (Å²) in [5.41, 5.74) is 0. The minimum Gasteiger partial charge on any atom is -0.379 e. The van der Waals surface area contributed by atoms with E-state index in [-0.39, 0.29) is 36.6 Å². The Morgan fingerprint density at radius 1 is 1.12 bits per heavy atom. The third kappa shape index (κ3) is 10.1. The summed E-state index contributed by atoms with van der Waals surface area (Å²) in [6, 6.07) is 0.289. The summed E-state index contributed by atoms with van der Waals surface area (Å²) >= 11 is 0. The molecule has 0 amide bonds. The highest BCUT2D eigenvalue weighted by Gasteiger charge is 2.28. The highest BCUT2D eigenvalue weighted by Crippen LogP contribution is 2.20. The molecule has 0 spiro atoms. The van der Waals surface area contributed by atoms with Crippen molar-refractivity contribution in [2.75, 3.05) is 45.9 Å². The zero-order valence-corrected chi connectivity index (χ0v) is 18.4. The van der Waals surface area contributed by atoms with Crippen LogP contribution in [0, 0.1) is 5.92 Å². The third-order valence-corrected chi connectivity index (χ3v) is 4.59. The number of alkyl halides is 3. The maximum Gasteiger partial charge on any atom is 0.390 e. The molecule has 156 valence electrons. The largest absolute Gasteiger partial charge is 0.390 e. The van der Waals surface area contributed by atoms with Gasteiger partial charge in [-0.1, -0.05) is 26.7 Å². The first-order valence-electron chi connectivity index (χ1n) is 9.31. The van der Waals surface area contributed by atoms with Gasteiger partial charge in [-0.2, -0.15) is 13.2 Å². The molecule has 0 saturated carbocycles. The molecule has 1 unspecified atom stereocenters. The van der Waals surface area contributed by atoms with Gasteiger partial charge in [0, 0.05) is 32.2 Å². The van der Waals surface area contributed by atoms with E-state index in [9.17, 15) is 13.2 Å². The van der Waals surface area contributed by atoms with Crippen LogP contribution in [-0.2, 0) is 4.74 Å². The number of nitrogens with one attached hydrogen (secondary N) is 2. The topological polar surface area (TPSA) is 48.9 Å². The minimum atomic E-state index is -4.16. The summed E-state index contributed by atoms with van der Waals surface area (Å²) in [5.74, 6) is 0.968. The number of guanidine groups is 1. The van der Waals surface area contributed by atoms with Crippen LogP contribution < -0.4 is 10.6 Å². The molecule has 1 atom stereocenters. The van der Waals surface area contributed by atoms with Crippen molar-refractivity contribution in [3.63, 3.8) is 0 Å². The van der Waals surface area contributed by atoms with E-state index in [0.29, 0.717) is 25.0 Å². The van der Waals surface area contributed by atoms with Crippen molar-refractivity contribution < 1.29 is 17.9 Å². The van der Waals surface area contributed by atoms with Crippen molar-refractivity contribution in [2.24, 2.45) is 10.9 Å². The molecule has 1 aliphatic heterocycles. The first kappa shape index (κ1) is 25.7. The fourth-order valence-corrected chi connectivity index (χ4v) is 3.15. The van der Waals surface area contributed by atoms with E-state index in [4.69, 9.17) is 4.74 Å². The van der Waals surface area contributed by atoms with Gasteiger partial charge in [0.2, 0.25) is 0 Å². The number of ether oxygens (including phenoxy) is 1. The van der Waals surface area contributed by atoms with E-state index in [0.717, 1.165) is 39.1 Å². The van der Waals surface area contributed by atoms with Gasteiger partial charge in [-0.25, -0.2) is 0 Å². The Bertz CT molecular complexity index is 387. The van der Waals surface area contributed by atoms with E-state index in [1.165, 1.54) is 0 Å². The van der Waals surface area contributed by atoms with Gasteiger partial charge in [0.1, 0.15) is 0 Å². The van der Waals surface area contributed by atoms with Crippen molar-refractivity contribution >= 4 is 29.9 Å². The molecule has 1 fully saturated rings. The molecule has 9 heteroatoms. The second kappa shape index (κ2) is 13.8. The van der Waals surface area contributed by atoms with Crippen LogP contribution in [0.25, 0.3) is 0 Å². The molecule has 0 aliphatic carbocycles. The molecular weight excluding hydrogens is 460 g/mol. The smallest absolute Gasteiger partial charge is 0.379 e. The first-order chi connectivity index (χ1) is 11.9. The summed E-state index contributed by atoms with van der Waals surface area (Å²) in [5, 5.41) is 5.82. The van der Waals surface area contributed by atoms with E-state index < -0.39 is 12.6 Å². The van der Waals surface area contributed by atoms with Gasteiger partial charge < -0.3 is 15.4 Å². The second-order valence-electron chi connectivity index (χ2n) is 6.30. The number of aliphatic imine (C=N–C) groups is 1. The van der Waals surface area contributed by atoms with Crippen molar-refractivity contribution in [2.45, 2.75) is 52.3 Å². The molecule has 0 bridgehead atoms. The van der Waals surface area contributed by atoms with Crippen LogP contribution in [0.3, 0.4) is 0 Å². The van der Waals surface area contributed by atoms with Crippen LogP contribution in [-0.4, -0.2) is 69.0 Å². The van der Waals surface area contributed by atoms with Crippen molar-refractivity contribution in [1.82, 2.24) is 15.5 Å². The van der Waals surface area contributed by atoms with E-state index in [1.54, 1.807) is 0 Å². The zero-order valence-electron chi connectivity index (χ0n) is 16.1. The van der Waals surface area contributed by atoms with Crippen LogP contribution in [0.2, 0.25) is 0 Å². The molecule has 2 N–H and O–H groups in total. The van der Waals surface area contributed by atoms with Gasteiger partial charge in [-0.3, -0.25) is 9.89 Å². The minimum absolute atomic E-state index is 0. The Balaban J connectivity index is 0.00000625. The Labute approximate surface area is 172 Å². The molecule has 5 nitrogen and oxygen atoms in total. The average Bonchev–Trinajstić information content (AvgIpc) is 2.58. The monoisotopic (exact) mass is 494 g/mol. The van der Waals surface area contributed by atoms with Crippen LogP contribution in [0.1, 0.15) is 40.0 Å². The van der Waals surface area contributed by atoms with E-state index in [1.807, 2.05) is 6.92 Å². The van der Waals surface area contributed by atoms with Gasteiger partial charge in [0.05, 0.1) is 26.2 Å². The lowest BCUT2D eigenvalue weighted by molar-refractivity contribution is -0.132. The number of nitrogens with zero attached hydrogens (tertiary/aromatic N) is 2. The molecule has 1 rings (SSSR count). The number of morpholine rings is 1. The Kier molecular flexibility index (Phi) is 13.7. The summed E-state index contributed by atoms with van der Waals surface area (Å²) in [6.45, 7) is 10.5. The normalized spacial score (nSPS) is 17.7. The van der Waals surface area contributed by atoms with E-state index >= 15 is 0 Å². The zero-order chi connectivity index (χ0) is 18.7. The first-order valence-corrected chi connectivity index (χ1v) is 9.31. The molecule has 0 radical (unpaired) electrons. The van der Waals surface area contributed by atoms with Gasteiger partial charge in [0.25, 0.3) is 0 Å². The predicted molar refractivity (Wildman–Crippen MR) is 110 cm³/mol. The Morgan fingerprint density at radius 3 is 2.23 bits per heavy atom. The van der Waals surface area contributed by atoms with Crippen LogP contribution in [0.15, 0.2) is 4.99 Å². The number of halogens is 4. The quantitative estimate of drug-likeness (QED) is 0.294. The summed E-state index contributed by atoms with van der Waals surface area (Å²) in [7, 11) is 0. The third-order valence-electron chi connectivity index (χ3n) is 4.59. The molecule has 1 aliphatic rings. The Morgan fingerprint density at radius 2 is 1.73 bits per heavy atom. The van der Waals surface area contributed by atoms with Gasteiger partial charge in [-0.05, 0) is 12.8 Å². The predicted octanol–water partition coefficient (Wildman–Crippen LogP) is 3.25. The SMILES string of the molecule is CCNC(=NCC(C(CC)CC)N1CCOCC1)NCCC(F)(F)F.I. The second-order valence-corrected chi connectivity index (χ2v) is 6.30. The van der Waals surface area contributed by atoms with Gasteiger partial charge >= 0.3 is 6.18 Å². The molecule has 1 saturated heterocycles. The lowest BCUT2D eigenvalue weighted by atomic mass is 9.92. The highest BCUT2D eigenvalue weighted by atomic mass is 127. The molecule has 1 heterocycles. The fraction of sp³-hybridized carbons (Fsp3) is 0.941. The standard InChI is InChI=1S/C17H33F3N4O.HI/c1-4-14(5-2)15(24-9-11-25-12-10-24)13-23-16(21-6-3)22-8-7-17(18,19)20;/h14-15H,4-13H2,1-3H3,(H2,21,22,23);1H. The Hall–Kier alpha value is -0.290. The lowest BCUT2D eigenvalue weighted by Gasteiger charge is -2.38. The maximum absolute atomic E-state index is 12.3. The highest BCUT2D eigenvalue weighted by molar-refractivity contribution is 14.0. The lowest BCUT2D eigenvalue weighted by Crippen LogP contribution is -2.49. The van der Waals surface area contributed by atoms with Gasteiger partial charge in [0.15, 0.2) is 5.96 Å².